The van der Waals surface area contributed by atoms with Crippen LogP contribution in [-0.2, 0) is 16.0 Å². The van der Waals surface area contributed by atoms with Crippen LogP contribution in [0.5, 0.6) is 0 Å². The summed E-state index contributed by atoms with van der Waals surface area (Å²) in [5.74, 6) is -0.0886. The van der Waals surface area contributed by atoms with Crippen LogP contribution < -0.4 is 10.6 Å². The van der Waals surface area contributed by atoms with Crippen LogP contribution in [-0.4, -0.2) is 40.7 Å². The van der Waals surface area contributed by atoms with Crippen molar-refractivity contribution in [1.29, 1.82) is 0 Å². The van der Waals surface area contributed by atoms with Crippen molar-refractivity contribution in [2.45, 2.75) is 45.8 Å². The van der Waals surface area contributed by atoms with Gasteiger partial charge in [0.05, 0.1) is 6.33 Å². The third kappa shape index (κ3) is 5.45. The highest BCUT2D eigenvalue weighted by Crippen LogP contribution is 2.11. The van der Waals surface area contributed by atoms with E-state index in [-0.39, 0.29) is 11.9 Å². The molecule has 7 heteroatoms. The number of rotatable bonds is 5. The van der Waals surface area contributed by atoms with Crippen molar-refractivity contribution in [3.05, 3.63) is 18.2 Å². The van der Waals surface area contributed by atoms with Crippen LogP contribution in [0.1, 0.15) is 39.4 Å². The van der Waals surface area contributed by atoms with E-state index >= 15 is 0 Å². The molecular weight excluding hydrogens is 272 g/mol. The number of carbonyl (C=O) groups excluding carboxylic acids is 2. The Morgan fingerprint density at radius 2 is 2.10 bits per heavy atom. The lowest BCUT2D eigenvalue weighted by atomic mass is 10.2. The minimum absolute atomic E-state index is 0.0886. The molecule has 1 aromatic rings. The zero-order chi connectivity index (χ0) is 16.0. The fourth-order valence-electron chi connectivity index (χ4n) is 1.82. The van der Waals surface area contributed by atoms with Gasteiger partial charge in [-0.1, -0.05) is 0 Å². The second-order valence-corrected chi connectivity index (χ2v) is 5.76. The molecule has 21 heavy (non-hydrogen) atoms. The highest BCUT2D eigenvalue weighted by atomic mass is 16.6. The van der Waals surface area contributed by atoms with Crippen molar-refractivity contribution in [2.75, 3.05) is 13.6 Å². The first-order valence-electron chi connectivity index (χ1n) is 6.93. The first-order chi connectivity index (χ1) is 9.74. The summed E-state index contributed by atoms with van der Waals surface area (Å²) in [5, 5.41) is 5.29. The van der Waals surface area contributed by atoms with Gasteiger partial charge in [-0.2, -0.15) is 0 Å². The topological polar surface area (TPSA) is 85.3 Å². The molecule has 1 unspecified atom stereocenters. The van der Waals surface area contributed by atoms with Gasteiger partial charge in [0.15, 0.2) is 0 Å². The van der Waals surface area contributed by atoms with Gasteiger partial charge in [-0.15, -0.1) is 0 Å². The van der Waals surface area contributed by atoms with Gasteiger partial charge < -0.3 is 19.9 Å². The van der Waals surface area contributed by atoms with Gasteiger partial charge in [0, 0.05) is 31.9 Å². The Morgan fingerprint density at radius 1 is 1.43 bits per heavy atom. The maximum absolute atomic E-state index is 11.7. The van der Waals surface area contributed by atoms with E-state index in [0.717, 1.165) is 5.69 Å². The standard InChI is InChI=1S/C14H24N4O3/c1-10(12(19)15-5)18-9-16-8-11(18)6-7-17-13(20)21-14(2,3)4/h8-10H,6-7H2,1-5H3,(H,15,19)(H,17,20). The Hall–Kier alpha value is -2.05. The van der Waals surface area contributed by atoms with Crippen molar-refractivity contribution >= 4 is 12.0 Å². The number of ether oxygens (including phenoxy) is 1. The number of alkyl carbamates (subject to hydrolysis) is 1. The fourth-order valence-corrected chi connectivity index (χ4v) is 1.82. The van der Waals surface area contributed by atoms with Crippen LogP contribution in [0.25, 0.3) is 0 Å². The van der Waals surface area contributed by atoms with Crippen molar-refractivity contribution in [3.8, 4) is 0 Å². The van der Waals surface area contributed by atoms with Gasteiger partial charge in [0.2, 0.25) is 5.91 Å². The monoisotopic (exact) mass is 296 g/mol. The molecule has 1 aromatic heterocycles. The van der Waals surface area contributed by atoms with Crippen molar-refractivity contribution in [1.82, 2.24) is 20.2 Å². The second-order valence-electron chi connectivity index (χ2n) is 5.76. The summed E-state index contributed by atoms with van der Waals surface area (Å²) in [6.45, 7) is 7.65. The molecule has 0 aliphatic rings. The molecular formula is C14H24N4O3. The number of hydrogen-bond donors (Lipinski definition) is 2. The van der Waals surface area contributed by atoms with Crippen LogP contribution in [0.4, 0.5) is 4.79 Å². The Bertz CT molecular complexity index is 491. The minimum atomic E-state index is -0.514. The third-order valence-electron chi connectivity index (χ3n) is 2.84. The van der Waals surface area contributed by atoms with Crippen LogP contribution >= 0.6 is 0 Å². The van der Waals surface area contributed by atoms with Gasteiger partial charge in [-0.25, -0.2) is 9.78 Å². The summed E-state index contributed by atoms with van der Waals surface area (Å²) in [7, 11) is 1.60. The summed E-state index contributed by atoms with van der Waals surface area (Å²) >= 11 is 0. The van der Waals surface area contributed by atoms with E-state index in [0.29, 0.717) is 13.0 Å². The van der Waals surface area contributed by atoms with Crippen molar-refractivity contribution < 1.29 is 14.3 Å². The first-order valence-corrected chi connectivity index (χ1v) is 6.93. The molecule has 0 fully saturated rings. The van der Waals surface area contributed by atoms with E-state index < -0.39 is 11.7 Å². The zero-order valence-electron chi connectivity index (χ0n) is 13.3. The van der Waals surface area contributed by atoms with Crippen LogP contribution in [0.2, 0.25) is 0 Å². The normalized spacial score (nSPS) is 12.6. The lowest BCUT2D eigenvalue weighted by molar-refractivity contribution is -0.123. The Balaban J connectivity index is 2.52. The Labute approximate surface area is 125 Å². The van der Waals surface area contributed by atoms with Crippen molar-refractivity contribution in [3.63, 3.8) is 0 Å². The van der Waals surface area contributed by atoms with Crippen LogP contribution in [0, 0.1) is 0 Å². The van der Waals surface area contributed by atoms with E-state index in [1.165, 1.54) is 0 Å². The molecule has 0 aliphatic heterocycles. The molecule has 0 saturated carbocycles. The molecule has 0 aliphatic carbocycles. The van der Waals surface area contributed by atoms with E-state index in [1.54, 1.807) is 31.1 Å². The average molecular weight is 296 g/mol. The molecule has 118 valence electrons. The predicted octanol–water partition coefficient (Wildman–Crippen LogP) is 1.26. The molecule has 1 atom stereocenters. The molecule has 0 aromatic carbocycles. The molecule has 1 rings (SSSR count). The molecule has 0 saturated heterocycles. The van der Waals surface area contributed by atoms with Gasteiger partial charge in [-0.3, -0.25) is 4.79 Å². The summed E-state index contributed by atoms with van der Waals surface area (Å²) in [6, 6.07) is -0.339. The first kappa shape index (κ1) is 17.0. The molecule has 0 spiro atoms. The minimum Gasteiger partial charge on any atom is -0.444 e. The SMILES string of the molecule is CNC(=O)C(C)n1cncc1CCNC(=O)OC(C)(C)C. The smallest absolute Gasteiger partial charge is 0.407 e. The number of imidazole rings is 1. The predicted molar refractivity (Wildman–Crippen MR) is 78.9 cm³/mol. The molecule has 2 N–H and O–H groups in total. The van der Waals surface area contributed by atoms with E-state index in [4.69, 9.17) is 4.74 Å². The van der Waals surface area contributed by atoms with Crippen molar-refractivity contribution in [2.24, 2.45) is 0 Å². The Morgan fingerprint density at radius 3 is 2.67 bits per heavy atom. The van der Waals surface area contributed by atoms with Gasteiger partial charge >= 0.3 is 6.09 Å². The average Bonchev–Trinajstić information content (AvgIpc) is 2.83. The quantitative estimate of drug-likeness (QED) is 0.856. The maximum atomic E-state index is 11.7. The largest absolute Gasteiger partial charge is 0.444 e. The summed E-state index contributed by atoms with van der Waals surface area (Å²) in [6.07, 6.45) is 3.42. The summed E-state index contributed by atoms with van der Waals surface area (Å²) in [4.78, 5) is 27.2. The molecule has 1 heterocycles. The fraction of sp³-hybridized carbons (Fsp3) is 0.643. The van der Waals surface area contributed by atoms with Gasteiger partial charge in [0.1, 0.15) is 11.6 Å². The number of nitrogens with one attached hydrogen (secondary N) is 2. The number of amides is 2. The van der Waals surface area contributed by atoms with Gasteiger partial charge in [0.25, 0.3) is 0 Å². The molecule has 0 radical (unpaired) electrons. The van der Waals surface area contributed by atoms with E-state index in [9.17, 15) is 9.59 Å². The molecule has 2 amide bonds. The van der Waals surface area contributed by atoms with Gasteiger partial charge in [-0.05, 0) is 27.7 Å². The Kier molecular flexibility index (Phi) is 5.75. The summed E-state index contributed by atoms with van der Waals surface area (Å²) < 4.78 is 6.94. The van der Waals surface area contributed by atoms with E-state index in [2.05, 4.69) is 15.6 Å². The maximum Gasteiger partial charge on any atom is 0.407 e. The second kappa shape index (κ2) is 7.10. The lowest BCUT2D eigenvalue weighted by Crippen LogP contribution is -2.34. The lowest BCUT2D eigenvalue weighted by Gasteiger charge is -2.20. The van der Waals surface area contributed by atoms with Crippen LogP contribution in [0.15, 0.2) is 12.5 Å². The summed E-state index contributed by atoms with van der Waals surface area (Å²) in [5.41, 5.74) is 0.363. The highest BCUT2D eigenvalue weighted by Gasteiger charge is 2.17. The number of likely N-dealkylation sites (N-methyl/N-ethyl adjacent to an activating group) is 1. The number of aromatic nitrogens is 2. The zero-order valence-corrected chi connectivity index (χ0v) is 13.3. The highest BCUT2D eigenvalue weighted by molar-refractivity contribution is 5.79. The third-order valence-corrected chi connectivity index (χ3v) is 2.84. The van der Waals surface area contributed by atoms with E-state index in [1.807, 2.05) is 20.8 Å². The molecule has 0 bridgehead atoms. The molecule has 7 nitrogen and oxygen atoms in total. The number of nitrogens with zero attached hydrogens (tertiary/aromatic N) is 2. The number of hydrogen-bond acceptors (Lipinski definition) is 4. The van der Waals surface area contributed by atoms with Crippen LogP contribution in [0.3, 0.4) is 0 Å². The number of carbonyl (C=O) groups is 2.